The zero-order chi connectivity index (χ0) is 15.4. The number of hydrogen-bond acceptors (Lipinski definition) is 1. The van der Waals surface area contributed by atoms with E-state index in [2.05, 4.69) is 22.9 Å². The molecule has 2 aromatic carbocycles. The number of benzene rings is 2. The van der Waals surface area contributed by atoms with Crippen molar-refractivity contribution in [3.05, 3.63) is 62.0 Å². The van der Waals surface area contributed by atoms with Crippen molar-refractivity contribution in [3.8, 4) is 5.75 Å². The number of hydrogen-bond donors (Lipinski definition) is 0. The Balaban J connectivity index is 2.32. The summed E-state index contributed by atoms with van der Waals surface area (Å²) in [5, 5.41) is 0.706. The van der Waals surface area contributed by atoms with Gasteiger partial charge in [0.2, 0.25) is 0 Å². The zero-order valence-electron chi connectivity index (χ0n) is 11.4. The van der Waals surface area contributed by atoms with E-state index in [1.54, 1.807) is 18.2 Å². The highest BCUT2D eigenvalue weighted by Gasteiger charge is 2.18. The van der Waals surface area contributed by atoms with Crippen LogP contribution in [-0.2, 0) is 0 Å². The normalized spacial score (nSPS) is 12.2. The lowest BCUT2D eigenvalue weighted by molar-refractivity contribution is 0.315. The van der Waals surface area contributed by atoms with Gasteiger partial charge < -0.3 is 4.74 Å². The quantitative estimate of drug-likeness (QED) is 0.490. The van der Waals surface area contributed by atoms with Gasteiger partial charge in [0, 0.05) is 15.6 Å². The SMILES string of the molecule is CCCOc1ccc(C(Cl)c2c(Cl)cccc2Cl)cc1Br. The molecule has 0 aromatic heterocycles. The summed E-state index contributed by atoms with van der Waals surface area (Å²) < 4.78 is 6.49. The molecule has 5 heteroatoms. The van der Waals surface area contributed by atoms with Gasteiger partial charge in [-0.1, -0.05) is 42.3 Å². The average Bonchev–Trinajstić information content (AvgIpc) is 2.45. The molecule has 0 N–H and O–H groups in total. The Kier molecular flexibility index (Phi) is 6.24. The van der Waals surface area contributed by atoms with Gasteiger partial charge in [0.25, 0.3) is 0 Å². The van der Waals surface area contributed by atoms with Gasteiger partial charge in [-0.15, -0.1) is 11.6 Å². The zero-order valence-corrected chi connectivity index (χ0v) is 15.2. The van der Waals surface area contributed by atoms with E-state index in [0.29, 0.717) is 16.7 Å². The van der Waals surface area contributed by atoms with E-state index in [1.807, 2.05) is 18.2 Å². The molecule has 0 aliphatic rings. The van der Waals surface area contributed by atoms with E-state index in [0.717, 1.165) is 27.8 Å². The predicted molar refractivity (Wildman–Crippen MR) is 94.1 cm³/mol. The topological polar surface area (TPSA) is 9.23 Å². The standard InChI is InChI=1S/C16H14BrCl3O/c1-2-8-21-14-7-6-10(9-11(14)17)16(20)15-12(18)4-3-5-13(15)19/h3-7,9,16H,2,8H2,1H3. The molecule has 21 heavy (non-hydrogen) atoms. The Bertz CT molecular complexity index is 611. The molecule has 0 fully saturated rings. The first-order valence-corrected chi connectivity index (χ1v) is 8.53. The van der Waals surface area contributed by atoms with Crippen LogP contribution in [0.5, 0.6) is 5.75 Å². The molecule has 0 saturated heterocycles. The first-order valence-electron chi connectivity index (χ1n) is 6.54. The summed E-state index contributed by atoms with van der Waals surface area (Å²) in [5.74, 6) is 0.801. The predicted octanol–water partition coefficient (Wildman–Crippen LogP) is 6.87. The maximum Gasteiger partial charge on any atom is 0.133 e. The van der Waals surface area contributed by atoms with Gasteiger partial charge in [-0.2, -0.15) is 0 Å². The molecule has 0 aliphatic heterocycles. The third kappa shape index (κ3) is 4.07. The van der Waals surface area contributed by atoms with E-state index >= 15 is 0 Å². The van der Waals surface area contributed by atoms with Gasteiger partial charge >= 0.3 is 0 Å². The lowest BCUT2D eigenvalue weighted by Crippen LogP contribution is -1.99. The van der Waals surface area contributed by atoms with Crippen LogP contribution in [0.1, 0.15) is 29.8 Å². The Morgan fingerprint density at radius 3 is 2.38 bits per heavy atom. The van der Waals surface area contributed by atoms with Crippen molar-refractivity contribution in [1.82, 2.24) is 0 Å². The molecule has 0 heterocycles. The van der Waals surface area contributed by atoms with Gasteiger partial charge in [-0.3, -0.25) is 0 Å². The van der Waals surface area contributed by atoms with Crippen LogP contribution in [0.4, 0.5) is 0 Å². The molecule has 112 valence electrons. The average molecular weight is 409 g/mol. The maximum absolute atomic E-state index is 6.54. The lowest BCUT2D eigenvalue weighted by Gasteiger charge is -2.15. The lowest BCUT2D eigenvalue weighted by atomic mass is 10.0. The van der Waals surface area contributed by atoms with E-state index in [-0.39, 0.29) is 0 Å². The van der Waals surface area contributed by atoms with Gasteiger partial charge in [-0.05, 0) is 52.2 Å². The van der Waals surface area contributed by atoms with Gasteiger partial charge in [-0.25, -0.2) is 0 Å². The summed E-state index contributed by atoms with van der Waals surface area (Å²) in [6, 6.07) is 11.1. The summed E-state index contributed by atoms with van der Waals surface area (Å²) in [6.45, 7) is 2.75. The molecular weight excluding hydrogens is 394 g/mol. The van der Waals surface area contributed by atoms with Crippen LogP contribution in [0, 0.1) is 0 Å². The van der Waals surface area contributed by atoms with E-state index in [9.17, 15) is 0 Å². The molecule has 2 aromatic rings. The molecule has 2 rings (SSSR count). The summed E-state index contributed by atoms with van der Waals surface area (Å²) >= 11 is 22.5. The minimum Gasteiger partial charge on any atom is -0.492 e. The number of alkyl halides is 1. The van der Waals surface area contributed by atoms with Crippen molar-refractivity contribution in [2.24, 2.45) is 0 Å². The highest BCUT2D eigenvalue weighted by atomic mass is 79.9. The van der Waals surface area contributed by atoms with Crippen molar-refractivity contribution in [2.75, 3.05) is 6.61 Å². The molecule has 1 unspecified atom stereocenters. The number of halogens is 4. The number of rotatable bonds is 5. The Hall–Kier alpha value is -0.410. The second-order valence-corrected chi connectivity index (χ2v) is 6.64. The fourth-order valence-corrected chi connectivity index (χ4v) is 3.53. The first kappa shape index (κ1) is 17.0. The molecule has 0 saturated carbocycles. The van der Waals surface area contributed by atoms with Crippen LogP contribution >= 0.6 is 50.7 Å². The Labute approximate surface area is 148 Å². The summed E-state index contributed by atoms with van der Waals surface area (Å²) in [7, 11) is 0. The Morgan fingerprint density at radius 2 is 1.81 bits per heavy atom. The third-order valence-electron chi connectivity index (χ3n) is 2.96. The van der Waals surface area contributed by atoms with Crippen molar-refractivity contribution in [2.45, 2.75) is 18.7 Å². The second-order valence-electron chi connectivity index (χ2n) is 4.54. The summed E-state index contributed by atoms with van der Waals surface area (Å²) in [4.78, 5) is 0. The minimum absolute atomic E-state index is 0.414. The molecule has 0 bridgehead atoms. The van der Waals surface area contributed by atoms with Crippen LogP contribution in [-0.4, -0.2) is 6.61 Å². The number of ether oxygens (including phenoxy) is 1. The minimum atomic E-state index is -0.414. The van der Waals surface area contributed by atoms with E-state index < -0.39 is 5.38 Å². The van der Waals surface area contributed by atoms with Gasteiger partial charge in [0.05, 0.1) is 16.5 Å². The fraction of sp³-hybridized carbons (Fsp3) is 0.250. The highest BCUT2D eigenvalue weighted by molar-refractivity contribution is 9.10. The van der Waals surface area contributed by atoms with E-state index in [1.165, 1.54) is 0 Å². The smallest absolute Gasteiger partial charge is 0.133 e. The molecule has 1 atom stereocenters. The highest BCUT2D eigenvalue weighted by Crippen LogP contribution is 2.40. The summed E-state index contributed by atoms with van der Waals surface area (Å²) in [5.41, 5.74) is 1.62. The van der Waals surface area contributed by atoms with Crippen molar-refractivity contribution in [1.29, 1.82) is 0 Å². The van der Waals surface area contributed by atoms with Crippen molar-refractivity contribution < 1.29 is 4.74 Å². The molecule has 0 spiro atoms. The van der Waals surface area contributed by atoms with Crippen LogP contribution in [0.2, 0.25) is 10.0 Å². The molecule has 1 nitrogen and oxygen atoms in total. The largest absolute Gasteiger partial charge is 0.492 e. The monoisotopic (exact) mass is 406 g/mol. The van der Waals surface area contributed by atoms with Crippen LogP contribution < -0.4 is 4.74 Å². The third-order valence-corrected chi connectivity index (χ3v) is 4.71. The fourth-order valence-electron chi connectivity index (χ4n) is 1.92. The summed E-state index contributed by atoms with van der Waals surface area (Å²) in [6.07, 6.45) is 0.960. The molecule has 0 amide bonds. The Morgan fingerprint density at radius 1 is 1.14 bits per heavy atom. The second kappa shape index (κ2) is 7.73. The molecule has 0 radical (unpaired) electrons. The van der Waals surface area contributed by atoms with Crippen LogP contribution in [0.3, 0.4) is 0 Å². The van der Waals surface area contributed by atoms with Crippen molar-refractivity contribution >= 4 is 50.7 Å². The van der Waals surface area contributed by atoms with Crippen LogP contribution in [0.25, 0.3) is 0 Å². The van der Waals surface area contributed by atoms with E-state index in [4.69, 9.17) is 39.5 Å². The maximum atomic E-state index is 6.54. The van der Waals surface area contributed by atoms with Gasteiger partial charge in [0.1, 0.15) is 5.75 Å². The van der Waals surface area contributed by atoms with Crippen molar-refractivity contribution in [3.63, 3.8) is 0 Å². The molecule has 0 aliphatic carbocycles. The molecular formula is C16H14BrCl3O. The van der Waals surface area contributed by atoms with Crippen LogP contribution in [0.15, 0.2) is 40.9 Å². The van der Waals surface area contributed by atoms with Gasteiger partial charge in [0.15, 0.2) is 0 Å². The first-order chi connectivity index (χ1) is 10.0.